The van der Waals surface area contributed by atoms with Crippen molar-refractivity contribution in [1.29, 1.82) is 0 Å². The molecule has 6 rings (SSSR count). The summed E-state index contributed by atoms with van der Waals surface area (Å²) in [6, 6.07) is 9.55. The zero-order valence-corrected chi connectivity index (χ0v) is 37.8. The number of phenolic OH excluding ortho intramolecular Hbond substituents is 4. The number of ether oxygens (including phenoxy) is 12. The monoisotopic (exact) mass is 942 g/mol. The topological polar surface area (TPSA) is 287 Å². The quantitative estimate of drug-likeness (QED) is 0.0706. The van der Waals surface area contributed by atoms with E-state index in [9.17, 15) is 45.3 Å². The van der Waals surface area contributed by atoms with Gasteiger partial charge in [-0.25, -0.2) is 9.59 Å². The fourth-order valence-electron chi connectivity index (χ4n) is 8.41. The van der Waals surface area contributed by atoms with Crippen LogP contribution in [0, 0.1) is 11.8 Å². The van der Waals surface area contributed by atoms with E-state index < -0.39 is 79.4 Å². The number of hydrogen-bond acceptors (Lipinski definition) is 21. The standard InChI is InChI=1S/C46H54O21/c1-56-26-11-21(12-27(57-2)36(26)48)34-25(19-65-46-43(41(53)39(51)33(17-47)66-46)67-45(55)23-15-30(60-5)38(50)31(16-23)61-6)24(9-20-10-32(62-7)40(52)42(63-8)35(20)34)18-64-44(54)22-13-28(58-3)37(49)29(14-22)59-4/h10-16,24-25,33-34,39,41,43,46-53H,9,17-19H2,1-8H3/t24-,25-,33+,34+,39+,41-,43+,46+/m0/s1. The average molecular weight is 943 g/mol. The summed E-state index contributed by atoms with van der Waals surface area (Å²) in [5.41, 5.74) is 1.20. The zero-order valence-electron chi connectivity index (χ0n) is 37.8. The first-order valence-corrected chi connectivity index (χ1v) is 20.6. The van der Waals surface area contributed by atoms with Crippen molar-refractivity contribution in [1.82, 2.24) is 0 Å². The van der Waals surface area contributed by atoms with E-state index >= 15 is 0 Å². The Morgan fingerprint density at radius 2 is 1.06 bits per heavy atom. The van der Waals surface area contributed by atoms with Crippen molar-refractivity contribution in [2.24, 2.45) is 11.8 Å². The fourth-order valence-corrected chi connectivity index (χ4v) is 8.41. The molecule has 1 fully saturated rings. The fraction of sp³-hybridized carbons (Fsp3) is 0.435. The van der Waals surface area contributed by atoms with Crippen molar-refractivity contribution in [3.8, 4) is 69.0 Å². The molecular formula is C46H54O21. The third-order valence-electron chi connectivity index (χ3n) is 11.8. The molecular weight excluding hydrogens is 888 g/mol. The molecule has 0 radical (unpaired) electrons. The number of fused-ring (bicyclic) bond motifs is 1. The van der Waals surface area contributed by atoms with Crippen LogP contribution in [0.3, 0.4) is 0 Å². The summed E-state index contributed by atoms with van der Waals surface area (Å²) in [5, 5.41) is 76.1. The minimum Gasteiger partial charge on any atom is -0.502 e. The largest absolute Gasteiger partial charge is 0.502 e. The van der Waals surface area contributed by atoms with Crippen LogP contribution >= 0.6 is 0 Å². The van der Waals surface area contributed by atoms with Gasteiger partial charge in [-0.15, -0.1) is 0 Å². The average Bonchev–Trinajstić information content (AvgIpc) is 3.34. The predicted octanol–water partition coefficient (Wildman–Crippen LogP) is 3.04. The molecule has 21 nitrogen and oxygen atoms in total. The maximum Gasteiger partial charge on any atom is 0.338 e. The molecule has 2 aliphatic rings. The first-order chi connectivity index (χ1) is 32.1. The molecule has 1 saturated heterocycles. The van der Waals surface area contributed by atoms with Crippen molar-refractivity contribution in [2.45, 2.75) is 43.0 Å². The Morgan fingerprint density at radius 1 is 0.597 bits per heavy atom. The van der Waals surface area contributed by atoms with Gasteiger partial charge in [0.05, 0.1) is 87.8 Å². The molecule has 0 amide bonds. The molecule has 0 unspecified atom stereocenters. The molecule has 0 saturated carbocycles. The minimum absolute atomic E-state index is 0.00373. The number of rotatable bonds is 18. The lowest BCUT2D eigenvalue weighted by Gasteiger charge is -2.44. The molecule has 0 aromatic heterocycles. The maximum atomic E-state index is 13.8. The molecule has 4 aromatic rings. The SMILES string of the molecule is COc1cc(C(=O)OC[C@@H]2Cc3cc(OC)c(O)c(OC)c3[C@H](c3cc(OC)c(O)c(OC)c3)[C@H]2CO[C@@H]2O[C@H](CO)[C@@H](O)[C@H](O)[C@H]2OC(=O)c2cc(OC)c(O)c(OC)c2)cc(OC)c1O. The zero-order chi connectivity index (χ0) is 48.9. The van der Waals surface area contributed by atoms with Crippen molar-refractivity contribution in [2.75, 3.05) is 76.7 Å². The highest BCUT2D eigenvalue weighted by atomic mass is 16.7. The van der Waals surface area contributed by atoms with Crippen LogP contribution in [-0.4, -0.2) is 155 Å². The van der Waals surface area contributed by atoms with E-state index in [1.807, 2.05) is 0 Å². The second kappa shape index (κ2) is 21.2. The molecule has 1 aliphatic carbocycles. The maximum absolute atomic E-state index is 13.8. The van der Waals surface area contributed by atoms with Gasteiger partial charge in [0, 0.05) is 17.4 Å². The molecule has 364 valence electrons. The highest BCUT2D eigenvalue weighted by Crippen LogP contribution is 2.55. The normalized spacial score (nSPS) is 22.1. The second-order valence-corrected chi connectivity index (χ2v) is 15.4. The summed E-state index contributed by atoms with van der Waals surface area (Å²) in [6.45, 7) is -1.50. The van der Waals surface area contributed by atoms with E-state index in [4.69, 9.17) is 56.8 Å². The van der Waals surface area contributed by atoms with Gasteiger partial charge in [0.25, 0.3) is 0 Å². The van der Waals surface area contributed by atoms with Gasteiger partial charge < -0.3 is 92.6 Å². The van der Waals surface area contributed by atoms with Crippen LogP contribution in [0.15, 0.2) is 42.5 Å². The van der Waals surface area contributed by atoms with Crippen LogP contribution in [0.2, 0.25) is 0 Å². The second-order valence-electron chi connectivity index (χ2n) is 15.4. The van der Waals surface area contributed by atoms with Crippen LogP contribution in [0.25, 0.3) is 0 Å². The number of hydrogen-bond donors (Lipinski definition) is 7. The van der Waals surface area contributed by atoms with Crippen LogP contribution in [0.5, 0.6) is 69.0 Å². The summed E-state index contributed by atoms with van der Waals surface area (Å²) in [7, 11) is 10.5. The van der Waals surface area contributed by atoms with Gasteiger partial charge in [-0.1, -0.05) is 0 Å². The third kappa shape index (κ3) is 9.72. The molecule has 8 atom stereocenters. The molecule has 0 bridgehead atoms. The van der Waals surface area contributed by atoms with Gasteiger partial charge in [-0.3, -0.25) is 0 Å². The first kappa shape index (κ1) is 49.6. The Labute approximate surface area is 384 Å². The third-order valence-corrected chi connectivity index (χ3v) is 11.8. The number of aliphatic hydroxyl groups is 3. The number of aromatic hydroxyl groups is 4. The van der Waals surface area contributed by atoms with Gasteiger partial charge in [-0.05, 0) is 65.9 Å². The van der Waals surface area contributed by atoms with E-state index in [0.717, 1.165) is 12.1 Å². The lowest BCUT2D eigenvalue weighted by molar-refractivity contribution is -0.303. The van der Waals surface area contributed by atoms with Crippen LogP contribution in [0.1, 0.15) is 43.3 Å². The van der Waals surface area contributed by atoms with Crippen LogP contribution < -0.4 is 37.9 Å². The molecule has 4 aromatic carbocycles. The summed E-state index contributed by atoms with van der Waals surface area (Å²) in [5.74, 6) is -6.15. The Hall–Kier alpha value is -6.78. The van der Waals surface area contributed by atoms with E-state index in [2.05, 4.69) is 0 Å². The number of carbonyl (C=O) groups excluding carboxylic acids is 2. The van der Waals surface area contributed by atoms with Crippen molar-refractivity contribution < 1.29 is 102 Å². The summed E-state index contributed by atoms with van der Waals surface area (Å²) in [6.07, 6.45) is -8.45. The highest BCUT2D eigenvalue weighted by molar-refractivity contribution is 5.92. The number of aliphatic hydroxyl groups excluding tert-OH is 3. The van der Waals surface area contributed by atoms with Gasteiger partial charge >= 0.3 is 11.9 Å². The van der Waals surface area contributed by atoms with Crippen molar-refractivity contribution in [3.05, 3.63) is 70.3 Å². The van der Waals surface area contributed by atoms with Crippen molar-refractivity contribution in [3.63, 3.8) is 0 Å². The Balaban J connectivity index is 1.47. The van der Waals surface area contributed by atoms with Crippen LogP contribution in [-0.2, 0) is 25.4 Å². The van der Waals surface area contributed by atoms with E-state index in [1.165, 1.54) is 81.1 Å². The van der Waals surface area contributed by atoms with E-state index in [-0.39, 0.29) is 87.4 Å². The van der Waals surface area contributed by atoms with Gasteiger partial charge in [0.1, 0.15) is 18.3 Å². The first-order valence-electron chi connectivity index (χ1n) is 20.6. The van der Waals surface area contributed by atoms with E-state index in [1.54, 1.807) is 6.07 Å². The Bertz CT molecular complexity index is 2340. The lowest BCUT2D eigenvalue weighted by atomic mass is 9.66. The number of esters is 2. The van der Waals surface area contributed by atoms with E-state index in [0.29, 0.717) is 16.7 Å². The lowest BCUT2D eigenvalue weighted by Crippen LogP contribution is -2.60. The number of carbonyl (C=O) groups is 2. The number of benzene rings is 4. The molecule has 67 heavy (non-hydrogen) atoms. The molecule has 1 aliphatic heterocycles. The number of phenols is 4. The summed E-state index contributed by atoms with van der Waals surface area (Å²) in [4.78, 5) is 27.6. The van der Waals surface area contributed by atoms with Gasteiger partial charge in [-0.2, -0.15) is 0 Å². The molecule has 21 heteroatoms. The van der Waals surface area contributed by atoms with Gasteiger partial charge in [0.15, 0.2) is 58.4 Å². The smallest absolute Gasteiger partial charge is 0.338 e. The van der Waals surface area contributed by atoms with Crippen molar-refractivity contribution >= 4 is 11.9 Å². The molecule has 1 heterocycles. The predicted molar refractivity (Wildman–Crippen MR) is 231 cm³/mol. The van der Waals surface area contributed by atoms with Gasteiger partial charge in [0.2, 0.25) is 23.0 Å². The summed E-state index contributed by atoms with van der Waals surface area (Å²) >= 11 is 0. The molecule has 7 N–H and O–H groups in total. The summed E-state index contributed by atoms with van der Waals surface area (Å²) < 4.78 is 67.5. The minimum atomic E-state index is -1.89. The Kier molecular flexibility index (Phi) is 15.7. The molecule has 0 spiro atoms. The Morgan fingerprint density at radius 3 is 1.52 bits per heavy atom. The van der Waals surface area contributed by atoms with Crippen LogP contribution in [0.4, 0.5) is 0 Å². The number of methoxy groups -OCH3 is 8. The highest BCUT2D eigenvalue weighted by Gasteiger charge is 2.49.